The topological polar surface area (TPSA) is 65.2 Å². The molecule has 4 aromatic rings. The van der Waals surface area contributed by atoms with Gasteiger partial charge in [-0.05, 0) is 47.8 Å². The van der Waals surface area contributed by atoms with Gasteiger partial charge in [0.05, 0.1) is 23.1 Å². The number of carbonyl (C=O) groups is 1. The molecule has 0 radical (unpaired) electrons. The number of hydrogen-bond acceptors (Lipinski definition) is 6. The maximum absolute atomic E-state index is 12.9. The van der Waals surface area contributed by atoms with Crippen LogP contribution in [0, 0.1) is 0 Å². The molecule has 0 spiro atoms. The highest BCUT2D eigenvalue weighted by atomic mass is 32.1. The zero-order chi connectivity index (χ0) is 17.4. The summed E-state index contributed by atoms with van der Waals surface area (Å²) in [6, 6.07) is 14.9. The number of nitrogens with zero attached hydrogens (tertiary/aromatic N) is 1. The summed E-state index contributed by atoms with van der Waals surface area (Å²) < 4.78 is 5.52. The number of nitrogen functional groups attached to an aromatic ring is 1. The number of nitrogens with two attached hydrogens (primary N) is 1. The molecule has 4 nitrogen and oxygen atoms in total. The van der Waals surface area contributed by atoms with Gasteiger partial charge in [0.1, 0.15) is 15.5 Å². The molecule has 4 rings (SSSR count). The standard InChI is InChI=1S/C19H14N2O2S2/c1-23-17-13-8-9-14(15-3-2-10-24-15)21-19(13)25-18(17)16(22)11-4-6-12(20)7-5-11/h2-10H,20H2,1H3. The molecule has 0 aliphatic carbocycles. The van der Waals surface area contributed by atoms with Gasteiger partial charge in [0, 0.05) is 11.3 Å². The number of fused-ring (bicyclic) bond motifs is 1. The Morgan fingerprint density at radius 1 is 1.12 bits per heavy atom. The molecule has 0 atom stereocenters. The summed E-state index contributed by atoms with van der Waals surface area (Å²) in [4.78, 5) is 20.0. The first-order chi connectivity index (χ1) is 12.2. The van der Waals surface area contributed by atoms with E-state index in [2.05, 4.69) is 0 Å². The largest absolute Gasteiger partial charge is 0.494 e. The second-order valence-electron chi connectivity index (χ2n) is 5.44. The van der Waals surface area contributed by atoms with Gasteiger partial charge in [-0.3, -0.25) is 4.79 Å². The van der Waals surface area contributed by atoms with Gasteiger partial charge in [0.2, 0.25) is 5.78 Å². The molecule has 1 aromatic carbocycles. The van der Waals surface area contributed by atoms with Crippen LogP contribution >= 0.6 is 22.7 Å². The first kappa shape index (κ1) is 15.8. The molecular weight excluding hydrogens is 352 g/mol. The number of pyridine rings is 1. The van der Waals surface area contributed by atoms with E-state index in [1.54, 1.807) is 42.7 Å². The van der Waals surface area contributed by atoms with Crippen molar-refractivity contribution in [2.24, 2.45) is 0 Å². The first-order valence-electron chi connectivity index (χ1n) is 7.59. The second kappa shape index (κ2) is 6.31. The minimum Gasteiger partial charge on any atom is -0.494 e. The van der Waals surface area contributed by atoms with E-state index < -0.39 is 0 Å². The Balaban J connectivity index is 1.83. The van der Waals surface area contributed by atoms with Crippen molar-refractivity contribution in [2.45, 2.75) is 0 Å². The van der Waals surface area contributed by atoms with Crippen LogP contribution in [0.15, 0.2) is 53.9 Å². The van der Waals surface area contributed by atoms with Crippen molar-refractivity contribution >= 4 is 44.4 Å². The highest BCUT2D eigenvalue weighted by molar-refractivity contribution is 7.21. The lowest BCUT2D eigenvalue weighted by Crippen LogP contribution is -2.01. The van der Waals surface area contributed by atoms with E-state index in [0.717, 1.165) is 20.8 Å². The van der Waals surface area contributed by atoms with Crippen molar-refractivity contribution in [2.75, 3.05) is 12.8 Å². The molecule has 124 valence electrons. The Hall–Kier alpha value is -2.70. The Bertz CT molecular complexity index is 1050. The monoisotopic (exact) mass is 366 g/mol. The van der Waals surface area contributed by atoms with Crippen LogP contribution in [0.25, 0.3) is 20.8 Å². The Morgan fingerprint density at radius 3 is 2.60 bits per heavy atom. The zero-order valence-electron chi connectivity index (χ0n) is 13.4. The van der Waals surface area contributed by atoms with Gasteiger partial charge in [-0.2, -0.15) is 0 Å². The molecule has 0 fully saturated rings. The van der Waals surface area contributed by atoms with Crippen molar-refractivity contribution in [3.05, 3.63) is 64.4 Å². The van der Waals surface area contributed by atoms with Crippen LogP contribution in [0.3, 0.4) is 0 Å². The van der Waals surface area contributed by atoms with E-state index in [4.69, 9.17) is 15.5 Å². The molecule has 0 amide bonds. The molecule has 0 unspecified atom stereocenters. The molecule has 2 N–H and O–H groups in total. The smallest absolute Gasteiger partial charge is 0.206 e. The SMILES string of the molecule is COc1c(C(=O)c2ccc(N)cc2)sc2nc(-c3cccs3)ccc12. The maximum atomic E-state index is 12.9. The van der Waals surface area contributed by atoms with Crippen LogP contribution < -0.4 is 10.5 Å². The van der Waals surface area contributed by atoms with Gasteiger partial charge < -0.3 is 10.5 Å². The fourth-order valence-corrected chi connectivity index (χ4v) is 4.44. The maximum Gasteiger partial charge on any atom is 0.206 e. The van der Waals surface area contributed by atoms with Crippen molar-refractivity contribution in [3.8, 4) is 16.3 Å². The Kier molecular flexibility index (Phi) is 3.99. The molecule has 0 bridgehead atoms. The quantitative estimate of drug-likeness (QED) is 0.414. The Morgan fingerprint density at radius 2 is 1.92 bits per heavy atom. The fourth-order valence-electron chi connectivity index (χ4n) is 2.64. The number of anilines is 1. The molecule has 3 heterocycles. The number of ketones is 1. The predicted molar refractivity (Wildman–Crippen MR) is 104 cm³/mol. The van der Waals surface area contributed by atoms with Crippen LogP contribution in [0.2, 0.25) is 0 Å². The van der Waals surface area contributed by atoms with Crippen molar-refractivity contribution in [1.29, 1.82) is 0 Å². The summed E-state index contributed by atoms with van der Waals surface area (Å²) in [6.07, 6.45) is 0. The number of rotatable bonds is 4. The number of carbonyl (C=O) groups excluding carboxylic acids is 1. The summed E-state index contributed by atoms with van der Waals surface area (Å²) in [5.41, 5.74) is 7.81. The van der Waals surface area contributed by atoms with Crippen LogP contribution in [0.4, 0.5) is 5.69 Å². The molecule has 0 aliphatic rings. The highest BCUT2D eigenvalue weighted by Gasteiger charge is 2.21. The fraction of sp³-hybridized carbons (Fsp3) is 0.0526. The van der Waals surface area contributed by atoms with Gasteiger partial charge in [-0.1, -0.05) is 6.07 Å². The first-order valence-corrected chi connectivity index (χ1v) is 9.28. The van der Waals surface area contributed by atoms with E-state index in [-0.39, 0.29) is 5.78 Å². The van der Waals surface area contributed by atoms with Crippen molar-refractivity contribution < 1.29 is 9.53 Å². The van der Waals surface area contributed by atoms with E-state index in [1.807, 2.05) is 29.6 Å². The number of benzene rings is 1. The molecule has 0 saturated carbocycles. The van der Waals surface area contributed by atoms with Gasteiger partial charge in [-0.25, -0.2) is 4.98 Å². The molecule has 3 aromatic heterocycles. The van der Waals surface area contributed by atoms with Gasteiger partial charge in [0.15, 0.2) is 0 Å². The van der Waals surface area contributed by atoms with Crippen molar-refractivity contribution in [3.63, 3.8) is 0 Å². The highest BCUT2D eigenvalue weighted by Crippen LogP contribution is 2.39. The van der Waals surface area contributed by atoms with Gasteiger partial charge in [0.25, 0.3) is 0 Å². The third-order valence-electron chi connectivity index (χ3n) is 3.87. The lowest BCUT2D eigenvalue weighted by molar-refractivity contribution is 0.104. The van der Waals surface area contributed by atoms with Crippen LogP contribution in [-0.4, -0.2) is 17.9 Å². The number of aromatic nitrogens is 1. The summed E-state index contributed by atoms with van der Waals surface area (Å²) in [6.45, 7) is 0. The second-order valence-corrected chi connectivity index (χ2v) is 7.39. The lowest BCUT2D eigenvalue weighted by atomic mass is 10.1. The van der Waals surface area contributed by atoms with Crippen molar-refractivity contribution in [1.82, 2.24) is 4.98 Å². The van der Waals surface area contributed by atoms with E-state index in [0.29, 0.717) is 21.9 Å². The third-order valence-corrected chi connectivity index (χ3v) is 5.84. The zero-order valence-corrected chi connectivity index (χ0v) is 15.0. The number of ether oxygens (including phenoxy) is 1. The molecular formula is C19H14N2O2S2. The Labute approximate surface area is 152 Å². The predicted octanol–water partition coefficient (Wildman–Crippen LogP) is 4.85. The van der Waals surface area contributed by atoms with E-state index >= 15 is 0 Å². The number of hydrogen-bond donors (Lipinski definition) is 1. The minimum atomic E-state index is -0.0856. The molecule has 0 aliphatic heterocycles. The molecule has 25 heavy (non-hydrogen) atoms. The number of thiophene rings is 2. The summed E-state index contributed by atoms with van der Waals surface area (Å²) in [5, 5.41) is 2.87. The van der Waals surface area contributed by atoms with E-state index in [1.165, 1.54) is 11.3 Å². The average Bonchev–Trinajstić information content (AvgIpc) is 3.28. The normalized spacial score (nSPS) is 10.9. The summed E-state index contributed by atoms with van der Waals surface area (Å²) in [5.74, 6) is 0.490. The average molecular weight is 366 g/mol. The molecule has 6 heteroatoms. The molecule has 0 saturated heterocycles. The van der Waals surface area contributed by atoms with E-state index in [9.17, 15) is 4.79 Å². The van der Waals surface area contributed by atoms with Gasteiger partial charge >= 0.3 is 0 Å². The third kappa shape index (κ3) is 2.79. The van der Waals surface area contributed by atoms with Crippen LogP contribution in [0.5, 0.6) is 5.75 Å². The van der Waals surface area contributed by atoms with Crippen LogP contribution in [-0.2, 0) is 0 Å². The lowest BCUT2D eigenvalue weighted by Gasteiger charge is -2.03. The van der Waals surface area contributed by atoms with Gasteiger partial charge in [-0.15, -0.1) is 22.7 Å². The minimum absolute atomic E-state index is 0.0856. The number of methoxy groups -OCH3 is 1. The van der Waals surface area contributed by atoms with Crippen LogP contribution in [0.1, 0.15) is 15.2 Å². The summed E-state index contributed by atoms with van der Waals surface area (Å²) in [7, 11) is 1.58. The summed E-state index contributed by atoms with van der Waals surface area (Å²) >= 11 is 2.99.